The topological polar surface area (TPSA) is 56.0 Å². The molecule has 0 saturated carbocycles. The van der Waals surface area contributed by atoms with Crippen molar-refractivity contribution in [2.75, 3.05) is 11.9 Å². The molecule has 3 heteroatoms. The van der Waals surface area contributed by atoms with Crippen LogP contribution in [0.25, 0.3) is 0 Å². The van der Waals surface area contributed by atoms with E-state index in [1.807, 2.05) is 26.0 Å². The van der Waals surface area contributed by atoms with E-state index in [4.69, 9.17) is 5.26 Å². The fraction of sp³-hybridized carbons (Fsp3) is 0.533. The minimum absolute atomic E-state index is 0.439. The van der Waals surface area contributed by atoms with Crippen molar-refractivity contribution in [1.82, 2.24) is 0 Å². The van der Waals surface area contributed by atoms with Crippen molar-refractivity contribution >= 4 is 5.69 Å². The van der Waals surface area contributed by atoms with Gasteiger partial charge in [-0.2, -0.15) is 5.26 Å². The van der Waals surface area contributed by atoms with Crippen LogP contribution in [-0.4, -0.2) is 17.3 Å². The summed E-state index contributed by atoms with van der Waals surface area (Å²) in [6.45, 7) is 8.40. The second-order valence-corrected chi connectivity index (χ2v) is 5.56. The Morgan fingerprint density at radius 1 is 1.44 bits per heavy atom. The lowest BCUT2D eigenvalue weighted by Gasteiger charge is -2.26. The van der Waals surface area contributed by atoms with Gasteiger partial charge in [0.1, 0.15) is 6.07 Å². The average molecular weight is 246 g/mol. The van der Waals surface area contributed by atoms with Crippen LogP contribution in [0, 0.1) is 24.2 Å². The number of hydrogen-bond acceptors (Lipinski definition) is 3. The first-order valence-electron chi connectivity index (χ1n) is 6.31. The molecule has 0 heterocycles. The summed E-state index contributed by atoms with van der Waals surface area (Å²) in [6.07, 6.45) is 0.730. The summed E-state index contributed by atoms with van der Waals surface area (Å²) in [4.78, 5) is 0. The highest BCUT2D eigenvalue weighted by Gasteiger charge is 2.22. The number of anilines is 1. The van der Waals surface area contributed by atoms with Crippen LogP contribution in [0.5, 0.6) is 0 Å². The summed E-state index contributed by atoms with van der Waals surface area (Å²) in [6, 6.07) is 7.78. The van der Waals surface area contributed by atoms with Gasteiger partial charge in [0, 0.05) is 6.54 Å². The Kier molecular flexibility index (Phi) is 4.75. The third kappa shape index (κ3) is 4.05. The maximum atomic E-state index is 10.3. The Morgan fingerprint density at radius 3 is 2.67 bits per heavy atom. The molecule has 0 saturated heterocycles. The third-order valence-electron chi connectivity index (χ3n) is 2.89. The first-order valence-corrected chi connectivity index (χ1v) is 6.31. The van der Waals surface area contributed by atoms with E-state index in [1.165, 1.54) is 0 Å². The molecule has 0 aromatic heterocycles. The Labute approximate surface area is 109 Å². The van der Waals surface area contributed by atoms with E-state index in [0.29, 0.717) is 18.0 Å². The van der Waals surface area contributed by atoms with E-state index in [9.17, 15) is 5.11 Å². The second kappa shape index (κ2) is 5.88. The van der Waals surface area contributed by atoms with Crippen LogP contribution in [0.15, 0.2) is 18.2 Å². The van der Waals surface area contributed by atoms with Crippen molar-refractivity contribution in [3.63, 3.8) is 0 Å². The molecule has 0 spiro atoms. The van der Waals surface area contributed by atoms with Gasteiger partial charge in [0.25, 0.3) is 0 Å². The zero-order valence-electron chi connectivity index (χ0n) is 11.6. The third-order valence-corrected chi connectivity index (χ3v) is 2.89. The Morgan fingerprint density at radius 2 is 2.11 bits per heavy atom. The number of nitriles is 1. The molecular weight excluding hydrogens is 224 g/mol. The summed E-state index contributed by atoms with van der Waals surface area (Å²) in [5.74, 6) is 0.439. The standard InChI is InChI=1S/C15H22N2O/c1-11(2)8-15(4,18)10-17-14-12(3)6-5-7-13(14)9-16/h5-7,11,17-18H,8,10H2,1-4H3. The van der Waals surface area contributed by atoms with Crippen molar-refractivity contribution in [3.05, 3.63) is 29.3 Å². The van der Waals surface area contributed by atoms with Crippen molar-refractivity contribution < 1.29 is 5.11 Å². The highest BCUT2D eigenvalue weighted by Crippen LogP contribution is 2.22. The molecule has 18 heavy (non-hydrogen) atoms. The zero-order valence-corrected chi connectivity index (χ0v) is 11.6. The van der Waals surface area contributed by atoms with Gasteiger partial charge in [0.15, 0.2) is 0 Å². The first kappa shape index (κ1) is 14.5. The van der Waals surface area contributed by atoms with E-state index in [0.717, 1.165) is 17.7 Å². The number of hydrogen-bond donors (Lipinski definition) is 2. The van der Waals surface area contributed by atoms with Crippen LogP contribution in [0.1, 0.15) is 38.3 Å². The SMILES string of the molecule is Cc1cccc(C#N)c1NCC(C)(O)CC(C)C. The van der Waals surface area contributed by atoms with Gasteiger partial charge in [0.2, 0.25) is 0 Å². The van der Waals surface area contributed by atoms with Crippen molar-refractivity contribution in [3.8, 4) is 6.07 Å². The van der Waals surface area contributed by atoms with E-state index in [-0.39, 0.29) is 0 Å². The molecule has 0 fully saturated rings. The summed E-state index contributed by atoms with van der Waals surface area (Å²) in [5.41, 5.74) is 1.71. The predicted octanol–water partition coefficient (Wildman–Crippen LogP) is 3.08. The van der Waals surface area contributed by atoms with Crippen LogP contribution in [0.2, 0.25) is 0 Å². The molecule has 0 aliphatic carbocycles. The van der Waals surface area contributed by atoms with Crippen molar-refractivity contribution in [2.24, 2.45) is 5.92 Å². The number of benzene rings is 1. The number of nitrogens with one attached hydrogen (secondary N) is 1. The fourth-order valence-electron chi connectivity index (χ4n) is 2.23. The van der Waals surface area contributed by atoms with Crippen LogP contribution in [-0.2, 0) is 0 Å². The molecule has 1 atom stereocenters. The molecule has 1 rings (SSSR count). The first-order chi connectivity index (χ1) is 8.35. The van der Waals surface area contributed by atoms with E-state index < -0.39 is 5.60 Å². The molecule has 0 aliphatic rings. The van der Waals surface area contributed by atoms with Gasteiger partial charge >= 0.3 is 0 Å². The van der Waals surface area contributed by atoms with Gasteiger partial charge in [-0.1, -0.05) is 26.0 Å². The lowest BCUT2D eigenvalue weighted by Crippen LogP contribution is -2.35. The van der Waals surface area contributed by atoms with E-state index in [1.54, 1.807) is 6.07 Å². The summed E-state index contributed by atoms with van der Waals surface area (Å²) < 4.78 is 0. The highest BCUT2D eigenvalue weighted by molar-refractivity contribution is 5.62. The number of aryl methyl sites for hydroxylation is 1. The van der Waals surface area contributed by atoms with E-state index in [2.05, 4.69) is 25.2 Å². The minimum Gasteiger partial charge on any atom is -0.388 e. The van der Waals surface area contributed by atoms with Crippen molar-refractivity contribution in [2.45, 2.75) is 39.7 Å². The van der Waals surface area contributed by atoms with E-state index >= 15 is 0 Å². The zero-order chi connectivity index (χ0) is 13.8. The van der Waals surface area contributed by atoms with Gasteiger partial charge in [0.05, 0.1) is 16.9 Å². The lowest BCUT2D eigenvalue weighted by atomic mass is 9.94. The second-order valence-electron chi connectivity index (χ2n) is 5.56. The van der Waals surface area contributed by atoms with Crippen LogP contribution in [0.4, 0.5) is 5.69 Å². The van der Waals surface area contributed by atoms with Gasteiger partial charge in [-0.25, -0.2) is 0 Å². The van der Waals surface area contributed by atoms with Gasteiger partial charge < -0.3 is 10.4 Å². The average Bonchev–Trinajstić information content (AvgIpc) is 2.25. The monoisotopic (exact) mass is 246 g/mol. The minimum atomic E-state index is -0.761. The number of rotatable bonds is 5. The number of para-hydroxylation sites is 1. The number of nitrogens with zero attached hydrogens (tertiary/aromatic N) is 1. The molecule has 0 bridgehead atoms. The maximum Gasteiger partial charge on any atom is 0.101 e. The molecular formula is C15H22N2O. The maximum absolute atomic E-state index is 10.3. The summed E-state index contributed by atoms with van der Waals surface area (Å²) >= 11 is 0. The molecule has 0 amide bonds. The largest absolute Gasteiger partial charge is 0.388 e. The van der Waals surface area contributed by atoms with Crippen LogP contribution in [0.3, 0.4) is 0 Å². The fourth-order valence-corrected chi connectivity index (χ4v) is 2.23. The summed E-state index contributed by atoms with van der Waals surface area (Å²) in [5, 5.41) is 22.5. The molecule has 2 N–H and O–H groups in total. The molecule has 1 aromatic carbocycles. The smallest absolute Gasteiger partial charge is 0.101 e. The molecule has 0 radical (unpaired) electrons. The van der Waals surface area contributed by atoms with Gasteiger partial charge in [-0.15, -0.1) is 0 Å². The summed E-state index contributed by atoms with van der Waals surface area (Å²) in [7, 11) is 0. The normalized spacial score (nSPS) is 14.1. The van der Waals surface area contributed by atoms with Crippen molar-refractivity contribution in [1.29, 1.82) is 5.26 Å². The molecule has 0 aliphatic heterocycles. The Bertz CT molecular complexity index is 444. The lowest BCUT2D eigenvalue weighted by molar-refractivity contribution is 0.0515. The highest BCUT2D eigenvalue weighted by atomic mass is 16.3. The molecule has 3 nitrogen and oxygen atoms in total. The molecule has 98 valence electrons. The quantitative estimate of drug-likeness (QED) is 0.839. The molecule has 1 aromatic rings. The molecule has 1 unspecified atom stereocenters. The van der Waals surface area contributed by atoms with Gasteiger partial charge in [-0.3, -0.25) is 0 Å². The number of aliphatic hydroxyl groups is 1. The Hall–Kier alpha value is -1.53. The van der Waals surface area contributed by atoms with Crippen LogP contribution >= 0.6 is 0 Å². The van der Waals surface area contributed by atoms with Crippen LogP contribution < -0.4 is 5.32 Å². The Balaban J connectivity index is 2.78. The van der Waals surface area contributed by atoms with Gasteiger partial charge in [-0.05, 0) is 37.8 Å². The predicted molar refractivity (Wildman–Crippen MR) is 74.5 cm³/mol.